The first-order chi connectivity index (χ1) is 7.63. The van der Waals surface area contributed by atoms with Crippen molar-refractivity contribution in [1.82, 2.24) is 3.93 Å². The van der Waals surface area contributed by atoms with Crippen LogP contribution < -0.4 is 0 Å². The summed E-state index contributed by atoms with van der Waals surface area (Å²) in [5.74, 6) is -0.603. The van der Waals surface area contributed by atoms with Crippen LogP contribution >= 0.6 is 16.1 Å². The average Bonchev–Trinajstić information content (AvgIpc) is 2.50. The van der Waals surface area contributed by atoms with Crippen molar-refractivity contribution in [3.8, 4) is 0 Å². The van der Waals surface area contributed by atoms with Gasteiger partial charge < -0.3 is 0 Å². The molecule has 2 aliphatic rings. The molecular formula is C12H14BrNO2. The van der Waals surface area contributed by atoms with Crippen molar-refractivity contribution < 1.29 is 9.59 Å². The molecule has 0 N–H and O–H groups in total. The summed E-state index contributed by atoms with van der Waals surface area (Å²) < 4.78 is 1.09. The smallest absolute Gasteiger partial charge is 0.250 e. The standard InChI is InChI=1S/C12H14BrNO2/c1-2-3-7-12-8-5-4-6-9(12)10(15)14(13)11(12)16/h4-6,8-9H,2-3,7H2,1H3. The number of unbranched alkanes of at least 4 members (excludes halogenated alkanes) is 1. The lowest BCUT2D eigenvalue weighted by molar-refractivity contribution is -0.133. The van der Waals surface area contributed by atoms with Gasteiger partial charge in [-0.25, -0.2) is 3.93 Å². The molecule has 2 unspecified atom stereocenters. The fraction of sp³-hybridized carbons (Fsp3) is 0.500. The zero-order valence-corrected chi connectivity index (χ0v) is 10.7. The molecule has 1 aliphatic carbocycles. The van der Waals surface area contributed by atoms with Crippen molar-refractivity contribution >= 4 is 28.0 Å². The second kappa shape index (κ2) is 4.17. The van der Waals surface area contributed by atoms with Gasteiger partial charge in [0.05, 0.1) is 27.5 Å². The van der Waals surface area contributed by atoms with E-state index in [0.717, 1.165) is 23.2 Å². The van der Waals surface area contributed by atoms with E-state index in [-0.39, 0.29) is 17.7 Å². The van der Waals surface area contributed by atoms with E-state index in [2.05, 4.69) is 23.1 Å². The van der Waals surface area contributed by atoms with Crippen molar-refractivity contribution in [2.24, 2.45) is 11.3 Å². The zero-order chi connectivity index (χ0) is 11.8. The number of fused-ring (bicyclic) bond motifs is 1. The van der Waals surface area contributed by atoms with E-state index in [9.17, 15) is 9.59 Å². The molecule has 3 nitrogen and oxygen atoms in total. The molecule has 0 aromatic heterocycles. The van der Waals surface area contributed by atoms with Crippen LogP contribution in [0.2, 0.25) is 0 Å². The predicted octanol–water partition coefficient (Wildman–Crippen LogP) is 2.58. The lowest BCUT2D eigenvalue weighted by Crippen LogP contribution is -2.33. The van der Waals surface area contributed by atoms with Crippen LogP contribution in [0.3, 0.4) is 0 Å². The Morgan fingerprint density at radius 1 is 1.44 bits per heavy atom. The lowest BCUT2D eigenvalue weighted by atomic mass is 9.71. The molecule has 0 spiro atoms. The molecule has 0 bridgehead atoms. The van der Waals surface area contributed by atoms with Crippen LogP contribution in [0.15, 0.2) is 24.3 Å². The number of halogens is 1. The van der Waals surface area contributed by atoms with Crippen LogP contribution in [0.4, 0.5) is 0 Å². The number of nitrogens with zero attached hydrogens (tertiary/aromatic N) is 1. The van der Waals surface area contributed by atoms with Crippen LogP contribution in [0.1, 0.15) is 26.2 Å². The normalized spacial score (nSPS) is 32.4. The average molecular weight is 284 g/mol. The first-order valence-corrected chi connectivity index (χ1v) is 6.24. The number of rotatable bonds is 3. The maximum atomic E-state index is 12.2. The first-order valence-electron chi connectivity index (χ1n) is 5.53. The molecule has 2 atom stereocenters. The van der Waals surface area contributed by atoms with Gasteiger partial charge in [0.2, 0.25) is 5.91 Å². The summed E-state index contributed by atoms with van der Waals surface area (Å²) in [5.41, 5.74) is -0.634. The molecule has 0 aromatic rings. The van der Waals surface area contributed by atoms with Crippen molar-refractivity contribution in [1.29, 1.82) is 0 Å². The molecule has 0 aromatic carbocycles. The number of allylic oxidation sites excluding steroid dienone is 2. The lowest BCUT2D eigenvalue weighted by Gasteiger charge is -2.28. The Labute approximate surface area is 104 Å². The summed E-state index contributed by atoms with van der Waals surface area (Å²) in [6.45, 7) is 2.08. The minimum Gasteiger partial charge on any atom is -0.273 e. The second-order valence-corrected chi connectivity index (χ2v) is 5.00. The van der Waals surface area contributed by atoms with Gasteiger partial charge in [0.15, 0.2) is 0 Å². The first kappa shape index (κ1) is 11.6. The quantitative estimate of drug-likeness (QED) is 0.590. The number of carbonyl (C=O) groups excluding carboxylic acids is 2. The molecule has 1 aliphatic heterocycles. The Kier molecular flexibility index (Phi) is 3.02. The third-order valence-corrected chi connectivity index (χ3v) is 4.01. The van der Waals surface area contributed by atoms with Crippen molar-refractivity contribution in [2.75, 3.05) is 0 Å². The van der Waals surface area contributed by atoms with E-state index in [4.69, 9.17) is 0 Å². The highest BCUT2D eigenvalue weighted by atomic mass is 79.9. The fourth-order valence-corrected chi connectivity index (χ4v) is 2.96. The maximum Gasteiger partial charge on any atom is 0.250 e. The van der Waals surface area contributed by atoms with Crippen LogP contribution in [0.25, 0.3) is 0 Å². The molecule has 4 heteroatoms. The predicted molar refractivity (Wildman–Crippen MR) is 64.5 cm³/mol. The van der Waals surface area contributed by atoms with Crippen LogP contribution in [0, 0.1) is 11.3 Å². The van der Waals surface area contributed by atoms with E-state index in [1.807, 2.05) is 24.3 Å². The van der Waals surface area contributed by atoms with Gasteiger partial charge in [0, 0.05) is 0 Å². The molecule has 1 fully saturated rings. The van der Waals surface area contributed by atoms with E-state index < -0.39 is 5.41 Å². The van der Waals surface area contributed by atoms with Crippen LogP contribution in [-0.2, 0) is 9.59 Å². The molecule has 2 amide bonds. The van der Waals surface area contributed by atoms with Gasteiger partial charge in [-0.2, -0.15) is 0 Å². The second-order valence-electron chi connectivity index (χ2n) is 4.29. The van der Waals surface area contributed by atoms with Crippen molar-refractivity contribution in [2.45, 2.75) is 26.2 Å². The van der Waals surface area contributed by atoms with E-state index in [1.54, 1.807) is 0 Å². The summed E-state index contributed by atoms with van der Waals surface area (Å²) in [4.78, 5) is 24.0. The fourth-order valence-electron chi connectivity index (χ4n) is 2.40. The highest BCUT2D eigenvalue weighted by Gasteiger charge is 2.56. The van der Waals surface area contributed by atoms with E-state index in [1.165, 1.54) is 0 Å². The molecular weight excluding hydrogens is 270 g/mol. The summed E-state index contributed by atoms with van der Waals surface area (Å²) in [6, 6.07) is 0. The monoisotopic (exact) mass is 283 g/mol. The Hall–Kier alpha value is -0.900. The van der Waals surface area contributed by atoms with Crippen LogP contribution in [-0.4, -0.2) is 15.7 Å². The summed E-state index contributed by atoms with van der Waals surface area (Å²) in [7, 11) is 0. The number of amides is 2. The Morgan fingerprint density at radius 3 is 2.88 bits per heavy atom. The van der Waals surface area contributed by atoms with Crippen molar-refractivity contribution in [3.05, 3.63) is 24.3 Å². The van der Waals surface area contributed by atoms with E-state index >= 15 is 0 Å². The highest BCUT2D eigenvalue weighted by molar-refractivity contribution is 9.08. The minimum atomic E-state index is -0.634. The number of carbonyl (C=O) groups is 2. The number of hydrogen-bond donors (Lipinski definition) is 0. The third kappa shape index (κ3) is 1.47. The SMILES string of the molecule is CCCCC12C=CC=CC1C(=O)N(Br)C2=O. The number of hydrogen-bond acceptors (Lipinski definition) is 2. The largest absolute Gasteiger partial charge is 0.273 e. The van der Waals surface area contributed by atoms with Gasteiger partial charge in [-0.1, -0.05) is 44.1 Å². The highest BCUT2D eigenvalue weighted by Crippen LogP contribution is 2.47. The van der Waals surface area contributed by atoms with Gasteiger partial charge >= 0.3 is 0 Å². The molecule has 86 valence electrons. The topological polar surface area (TPSA) is 37.4 Å². The van der Waals surface area contributed by atoms with Gasteiger partial charge in [0.25, 0.3) is 5.91 Å². The number of imide groups is 1. The molecule has 0 radical (unpaired) electrons. The summed E-state index contributed by atoms with van der Waals surface area (Å²) in [6.07, 6.45) is 10.1. The molecule has 2 rings (SSSR count). The van der Waals surface area contributed by atoms with Gasteiger partial charge in [-0.3, -0.25) is 9.59 Å². The van der Waals surface area contributed by atoms with Gasteiger partial charge in [-0.15, -0.1) is 0 Å². The zero-order valence-electron chi connectivity index (χ0n) is 9.15. The van der Waals surface area contributed by atoms with E-state index in [0.29, 0.717) is 0 Å². The molecule has 1 heterocycles. The molecule has 0 saturated carbocycles. The third-order valence-electron chi connectivity index (χ3n) is 3.34. The van der Waals surface area contributed by atoms with Gasteiger partial charge in [-0.05, 0) is 6.42 Å². The Balaban J connectivity index is 2.37. The van der Waals surface area contributed by atoms with Crippen LogP contribution in [0.5, 0.6) is 0 Å². The summed E-state index contributed by atoms with van der Waals surface area (Å²) in [5, 5.41) is 0. The summed E-state index contributed by atoms with van der Waals surface area (Å²) >= 11 is 3.05. The molecule has 1 saturated heterocycles. The minimum absolute atomic E-state index is 0.128. The van der Waals surface area contributed by atoms with Gasteiger partial charge in [0.1, 0.15) is 0 Å². The molecule has 16 heavy (non-hydrogen) atoms. The Morgan fingerprint density at radius 2 is 2.19 bits per heavy atom. The van der Waals surface area contributed by atoms with Crippen molar-refractivity contribution in [3.63, 3.8) is 0 Å². The Bertz CT molecular complexity index is 388. The maximum absolute atomic E-state index is 12.2.